The number of hydrogen-bond donors (Lipinski definition) is 2. The van der Waals surface area contributed by atoms with E-state index < -0.39 is 41.9 Å². The largest absolute Gasteiger partial charge is 0.475 e. The molecule has 1 atom stereocenters. The number of halogens is 6. The number of aliphatic hydroxyl groups excluding tert-OH is 1. The summed E-state index contributed by atoms with van der Waals surface area (Å²) in [5.74, 6) is -7.75. The second kappa shape index (κ2) is 4.76. The van der Waals surface area contributed by atoms with Crippen LogP contribution in [0.3, 0.4) is 0 Å². The van der Waals surface area contributed by atoms with E-state index in [1.165, 1.54) is 0 Å². The van der Waals surface area contributed by atoms with Gasteiger partial charge >= 0.3 is 18.3 Å². The minimum absolute atomic E-state index is 0.540. The van der Waals surface area contributed by atoms with Crippen LogP contribution in [-0.4, -0.2) is 28.5 Å². The van der Waals surface area contributed by atoms with Gasteiger partial charge in [0.1, 0.15) is 11.9 Å². The number of carboxylic acids is 1. The maximum atomic E-state index is 12.3. The van der Waals surface area contributed by atoms with Gasteiger partial charge in [0, 0.05) is 0 Å². The lowest BCUT2D eigenvalue weighted by Gasteiger charge is -2.26. The molecule has 0 fully saturated rings. The van der Waals surface area contributed by atoms with Crippen LogP contribution in [0.1, 0.15) is 22.4 Å². The van der Waals surface area contributed by atoms with Crippen molar-refractivity contribution in [3.8, 4) is 0 Å². The number of furan rings is 1. The van der Waals surface area contributed by atoms with Crippen molar-refractivity contribution in [3.63, 3.8) is 0 Å². The number of aliphatic hydroxyl groups is 1. The Labute approximate surface area is 101 Å². The Hall–Kier alpha value is -1.71. The molecule has 10 heteroatoms. The topological polar surface area (TPSA) is 70.7 Å². The van der Waals surface area contributed by atoms with Crippen LogP contribution in [0, 0.1) is 5.92 Å². The number of rotatable bonds is 3. The molecule has 0 spiro atoms. The molecule has 0 aliphatic rings. The van der Waals surface area contributed by atoms with Gasteiger partial charge in [0.2, 0.25) is 5.76 Å². The molecule has 0 aromatic carbocycles. The Kier molecular flexibility index (Phi) is 3.84. The maximum absolute atomic E-state index is 12.3. The lowest BCUT2D eigenvalue weighted by Crippen LogP contribution is -2.40. The molecule has 1 aromatic heterocycles. The predicted octanol–water partition coefficient (Wildman–Crippen LogP) is 2.75. The molecule has 2 N–H and O–H groups in total. The fourth-order valence-electron chi connectivity index (χ4n) is 1.33. The van der Waals surface area contributed by atoms with Crippen LogP contribution in [0.15, 0.2) is 16.5 Å². The first-order valence-electron chi connectivity index (χ1n) is 4.59. The van der Waals surface area contributed by atoms with Gasteiger partial charge < -0.3 is 14.6 Å². The quantitative estimate of drug-likeness (QED) is 0.840. The van der Waals surface area contributed by atoms with Crippen LogP contribution < -0.4 is 0 Å². The Morgan fingerprint density at radius 2 is 1.58 bits per heavy atom. The Bertz CT molecular complexity index is 446. The van der Waals surface area contributed by atoms with Crippen molar-refractivity contribution in [1.29, 1.82) is 0 Å². The van der Waals surface area contributed by atoms with Crippen LogP contribution in [0.25, 0.3) is 0 Å². The highest BCUT2D eigenvalue weighted by molar-refractivity contribution is 5.84. The molecule has 0 bridgehead atoms. The molecule has 0 aliphatic heterocycles. The standard InChI is InChI=1S/C9H6F6O4/c10-8(11,12)6(9(13,14)15)5(16)3-1-2-4(19-3)7(17)18/h1-2,5-6,16H,(H,17,18). The van der Waals surface area contributed by atoms with Gasteiger partial charge in [0.15, 0.2) is 5.92 Å². The molecule has 0 saturated heterocycles. The minimum Gasteiger partial charge on any atom is -0.475 e. The van der Waals surface area contributed by atoms with Crippen molar-refractivity contribution in [2.45, 2.75) is 18.5 Å². The summed E-state index contributed by atoms with van der Waals surface area (Å²) in [7, 11) is 0. The summed E-state index contributed by atoms with van der Waals surface area (Å²) in [6.07, 6.45) is -14.6. The summed E-state index contributed by atoms with van der Waals surface area (Å²) in [4.78, 5) is 10.4. The van der Waals surface area contributed by atoms with Crippen LogP contribution >= 0.6 is 0 Å². The minimum atomic E-state index is -5.76. The van der Waals surface area contributed by atoms with Gasteiger partial charge in [-0.15, -0.1) is 0 Å². The molecular weight excluding hydrogens is 286 g/mol. The number of alkyl halides is 6. The van der Waals surface area contributed by atoms with Crippen molar-refractivity contribution >= 4 is 5.97 Å². The van der Waals surface area contributed by atoms with E-state index in [-0.39, 0.29) is 0 Å². The molecule has 4 nitrogen and oxygen atoms in total. The van der Waals surface area contributed by atoms with Gasteiger partial charge in [-0.3, -0.25) is 0 Å². The van der Waals surface area contributed by atoms with E-state index >= 15 is 0 Å². The average Bonchev–Trinajstić information content (AvgIpc) is 2.60. The second-order valence-electron chi connectivity index (χ2n) is 3.51. The number of carboxylic acid groups (broad SMARTS) is 1. The molecule has 1 heterocycles. The third-order valence-corrected chi connectivity index (χ3v) is 2.15. The first-order chi connectivity index (χ1) is 8.44. The first kappa shape index (κ1) is 15.3. The van der Waals surface area contributed by atoms with E-state index in [9.17, 15) is 31.1 Å². The Balaban J connectivity index is 3.13. The highest BCUT2D eigenvalue weighted by Crippen LogP contribution is 2.46. The summed E-state index contributed by atoms with van der Waals surface area (Å²) < 4.78 is 77.9. The first-order valence-corrected chi connectivity index (χ1v) is 4.59. The maximum Gasteiger partial charge on any atom is 0.403 e. The van der Waals surface area contributed by atoms with Crippen LogP contribution in [-0.2, 0) is 0 Å². The normalized spacial score (nSPS) is 14.7. The second-order valence-corrected chi connectivity index (χ2v) is 3.51. The molecule has 1 rings (SSSR count). The zero-order chi connectivity index (χ0) is 15.0. The highest BCUT2D eigenvalue weighted by atomic mass is 19.4. The summed E-state index contributed by atoms with van der Waals surface area (Å²) >= 11 is 0. The molecule has 19 heavy (non-hydrogen) atoms. The monoisotopic (exact) mass is 292 g/mol. The molecule has 1 aromatic rings. The smallest absolute Gasteiger partial charge is 0.403 e. The van der Waals surface area contributed by atoms with Gasteiger partial charge in [-0.05, 0) is 12.1 Å². The zero-order valence-corrected chi connectivity index (χ0v) is 8.79. The van der Waals surface area contributed by atoms with Crippen molar-refractivity contribution < 1.29 is 45.8 Å². The van der Waals surface area contributed by atoms with Gasteiger partial charge in [0.05, 0.1) is 0 Å². The lowest BCUT2D eigenvalue weighted by atomic mass is 9.99. The number of hydrogen-bond acceptors (Lipinski definition) is 3. The van der Waals surface area contributed by atoms with E-state index in [0.29, 0.717) is 12.1 Å². The molecular formula is C9H6F6O4. The van der Waals surface area contributed by atoms with Gasteiger partial charge in [-0.25, -0.2) is 4.79 Å². The predicted molar refractivity (Wildman–Crippen MR) is 46.2 cm³/mol. The third-order valence-electron chi connectivity index (χ3n) is 2.15. The molecule has 0 aliphatic carbocycles. The van der Waals surface area contributed by atoms with Gasteiger partial charge in [0.25, 0.3) is 0 Å². The zero-order valence-electron chi connectivity index (χ0n) is 8.79. The summed E-state index contributed by atoms with van der Waals surface area (Å²) in [5.41, 5.74) is 0. The van der Waals surface area contributed by atoms with E-state index in [2.05, 4.69) is 4.42 Å². The van der Waals surface area contributed by atoms with Crippen molar-refractivity contribution in [2.75, 3.05) is 0 Å². The molecule has 108 valence electrons. The van der Waals surface area contributed by atoms with E-state index in [4.69, 9.17) is 10.2 Å². The summed E-state index contributed by atoms with van der Waals surface area (Å²) in [6.45, 7) is 0. The fourth-order valence-corrected chi connectivity index (χ4v) is 1.33. The van der Waals surface area contributed by atoms with Crippen molar-refractivity contribution in [2.24, 2.45) is 5.92 Å². The Morgan fingerprint density at radius 1 is 1.11 bits per heavy atom. The lowest BCUT2D eigenvalue weighted by molar-refractivity contribution is -0.309. The average molecular weight is 292 g/mol. The van der Waals surface area contributed by atoms with E-state index in [0.717, 1.165) is 0 Å². The van der Waals surface area contributed by atoms with Crippen LogP contribution in [0.5, 0.6) is 0 Å². The SMILES string of the molecule is O=C(O)c1ccc(C(O)C(C(F)(F)F)C(F)(F)F)o1. The van der Waals surface area contributed by atoms with Crippen LogP contribution in [0.2, 0.25) is 0 Å². The Morgan fingerprint density at radius 3 is 1.89 bits per heavy atom. The fraction of sp³-hybridized carbons (Fsp3) is 0.444. The summed E-state index contributed by atoms with van der Waals surface area (Å²) in [6, 6.07) is 1.18. The third kappa shape index (κ3) is 3.40. The highest BCUT2D eigenvalue weighted by Gasteiger charge is 2.61. The van der Waals surface area contributed by atoms with Crippen LogP contribution in [0.4, 0.5) is 26.3 Å². The van der Waals surface area contributed by atoms with E-state index in [1.807, 2.05) is 0 Å². The number of aromatic carboxylic acids is 1. The van der Waals surface area contributed by atoms with E-state index in [1.54, 1.807) is 0 Å². The number of carbonyl (C=O) groups is 1. The molecule has 0 radical (unpaired) electrons. The van der Waals surface area contributed by atoms with Crippen molar-refractivity contribution in [3.05, 3.63) is 23.7 Å². The van der Waals surface area contributed by atoms with Gasteiger partial charge in [-0.1, -0.05) is 0 Å². The molecule has 0 saturated carbocycles. The van der Waals surface area contributed by atoms with Crippen molar-refractivity contribution in [1.82, 2.24) is 0 Å². The molecule has 1 unspecified atom stereocenters. The van der Waals surface area contributed by atoms with Gasteiger partial charge in [-0.2, -0.15) is 26.3 Å². The molecule has 0 amide bonds. The summed E-state index contributed by atoms with van der Waals surface area (Å²) in [5, 5.41) is 17.5.